The van der Waals surface area contributed by atoms with Crippen molar-refractivity contribution < 1.29 is 31.1 Å². The second kappa shape index (κ2) is 9.38. The number of hydrogen-bond donors (Lipinski definition) is 3. The third kappa shape index (κ3) is 6.60. The van der Waals surface area contributed by atoms with Crippen molar-refractivity contribution in [1.82, 2.24) is 19.9 Å². The number of aryl methyl sites for hydroxylation is 1. The molecule has 0 bridgehead atoms. The van der Waals surface area contributed by atoms with Crippen LogP contribution in [0.4, 0.5) is 42.6 Å². The van der Waals surface area contributed by atoms with Crippen LogP contribution in [-0.2, 0) is 12.4 Å². The fourth-order valence-corrected chi connectivity index (χ4v) is 2.83. The molecule has 0 unspecified atom stereocenters. The first-order chi connectivity index (χ1) is 15.4. The number of carbonyl (C=O) groups excluding carboxylic acids is 1. The summed E-state index contributed by atoms with van der Waals surface area (Å²) in [5.74, 6) is 1.59. The van der Waals surface area contributed by atoms with Gasteiger partial charge in [-0.15, -0.1) is 0 Å². The number of anilines is 2. The Morgan fingerprint density at radius 2 is 1.52 bits per heavy atom. The summed E-state index contributed by atoms with van der Waals surface area (Å²) in [6, 6.07) is 5.22. The molecule has 1 aromatic carbocycles. The molecule has 0 aliphatic carbocycles. The van der Waals surface area contributed by atoms with Crippen LogP contribution >= 0.6 is 0 Å². The average molecular weight is 472 g/mol. The van der Waals surface area contributed by atoms with Crippen LogP contribution in [0.5, 0.6) is 0 Å². The number of halogens is 6. The van der Waals surface area contributed by atoms with Gasteiger partial charge in [0.25, 0.3) is 0 Å². The van der Waals surface area contributed by atoms with E-state index >= 15 is 0 Å². The fraction of sp³-hybridized carbons (Fsp3) is 0.250. The molecule has 2 aromatic heterocycles. The lowest BCUT2D eigenvalue weighted by molar-refractivity contribution is -0.143. The highest BCUT2D eigenvalue weighted by molar-refractivity contribution is 5.89. The SMILES string of the molecule is Cc1nc(NCCNC(=O)Nc2cc(C(F)(F)F)cc(C(F)(F)F)c2)cc(-n2cccc2)n1. The maximum absolute atomic E-state index is 12.9. The van der Waals surface area contributed by atoms with Gasteiger partial charge < -0.3 is 20.5 Å². The summed E-state index contributed by atoms with van der Waals surface area (Å²) in [5, 5.41) is 7.31. The van der Waals surface area contributed by atoms with Gasteiger partial charge in [0, 0.05) is 37.2 Å². The van der Waals surface area contributed by atoms with E-state index in [-0.39, 0.29) is 19.2 Å². The molecule has 0 aliphatic heterocycles. The first kappa shape index (κ1) is 23.9. The van der Waals surface area contributed by atoms with Crippen LogP contribution in [0.3, 0.4) is 0 Å². The smallest absolute Gasteiger partial charge is 0.368 e. The molecule has 0 saturated carbocycles. The van der Waals surface area contributed by atoms with Crippen LogP contribution in [0.1, 0.15) is 17.0 Å². The lowest BCUT2D eigenvalue weighted by atomic mass is 10.1. The molecule has 13 heteroatoms. The number of hydrogen-bond acceptors (Lipinski definition) is 4. The van der Waals surface area contributed by atoms with Crippen molar-refractivity contribution in [2.45, 2.75) is 19.3 Å². The molecule has 0 spiro atoms. The second-order valence-corrected chi connectivity index (χ2v) is 6.85. The molecule has 0 radical (unpaired) electrons. The molecule has 176 valence electrons. The molecule has 3 aromatic rings. The van der Waals surface area contributed by atoms with Crippen molar-refractivity contribution in [2.75, 3.05) is 23.7 Å². The number of nitrogens with zero attached hydrogens (tertiary/aromatic N) is 3. The predicted octanol–water partition coefficient (Wildman–Crippen LogP) is 4.85. The van der Waals surface area contributed by atoms with Crippen LogP contribution in [0.25, 0.3) is 5.82 Å². The highest BCUT2D eigenvalue weighted by Crippen LogP contribution is 2.37. The van der Waals surface area contributed by atoms with Gasteiger partial charge in [0.05, 0.1) is 11.1 Å². The standard InChI is InChI=1S/C20H18F6N6O/c1-12-29-16(11-17(30-12)32-6-2-3-7-32)27-4-5-28-18(33)31-15-9-13(19(21,22)23)8-14(10-15)20(24,25)26/h2-3,6-11H,4-5H2,1H3,(H,27,29,30)(H2,28,31,33). The van der Waals surface area contributed by atoms with Gasteiger partial charge in [-0.25, -0.2) is 14.8 Å². The quantitative estimate of drug-likeness (QED) is 0.354. The molecule has 0 saturated heterocycles. The number of amides is 2. The number of benzene rings is 1. The molecule has 2 amide bonds. The van der Waals surface area contributed by atoms with E-state index in [0.717, 1.165) is 0 Å². The molecular formula is C20H18F6N6O. The van der Waals surface area contributed by atoms with E-state index in [0.29, 0.717) is 29.6 Å². The molecule has 0 atom stereocenters. The number of rotatable bonds is 6. The Kier molecular flexibility index (Phi) is 6.79. The van der Waals surface area contributed by atoms with E-state index in [1.165, 1.54) is 0 Å². The van der Waals surface area contributed by atoms with Crippen molar-refractivity contribution in [2.24, 2.45) is 0 Å². The Balaban J connectivity index is 1.58. The van der Waals surface area contributed by atoms with Crippen molar-refractivity contribution in [1.29, 1.82) is 0 Å². The predicted molar refractivity (Wildman–Crippen MR) is 108 cm³/mol. The van der Waals surface area contributed by atoms with E-state index in [1.807, 2.05) is 17.4 Å². The van der Waals surface area contributed by atoms with Crippen LogP contribution in [0, 0.1) is 6.92 Å². The molecule has 3 N–H and O–H groups in total. The minimum atomic E-state index is -5.01. The summed E-state index contributed by atoms with van der Waals surface area (Å²) in [7, 11) is 0. The van der Waals surface area contributed by atoms with Crippen molar-refractivity contribution in [3.05, 3.63) is 65.7 Å². The number of urea groups is 1. The van der Waals surface area contributed by atoms with Crippen molar-refractivity contribution in [3.63, 3.8) is 0 Å². The Hall–Kier alpha value is -3.77. The van der Waals surface area contributed by atoms with E-state index in [4.69, 9.17) is 0 Å². The van der Waals surface area contributed by atoms with Gasteiger partial charge in [-0.05, 0) is 37.3 Å². The van der Waals surface area contributed by atoms with Crippen LogP contribution in [0.15, 0.2) is 48.8 Å². The summed E-state index contributed by atoms with van der Waals surface area (Å²) < 4.78 is 79.3. The maximum atomic E-state index is 12.9. The van der Waals surface area contributed by atoms with Crippen LogP contribution in [0.2, 0.25) is 0 Å². The van der Waals surface area contributed by atoms with Gasteiger partial charge in [0.15, 0.2) is 0 Å². The minimum Gasteiger partial charge on any atom is -0.368 e. The van der Waals surface area contributed by atoms with Gasteiger partial charge >= 0.3 is 18.4 Å². The summed E-state index contributed by atoms with van der Waals surface area (Å²) in [6.45, 7) is 1.90. The maximum Gasteiger partial charge on any atom is 0.416 e. The van der Waals surface area contributed by atoms with Crippen molar-refractivity contribution >= 4 is 17.5 Å². The number of nitrogens with one attached hydrogen (secondary N) is 3. The third-order valence-corrected chi connectivity index (χ3v) is 4.26. The molecule has 3 rings (SSSR count). The highest BCUT2D eigenvalue weighted by Gasteiger charge is 2.37. The van der Waals surface area contributed by atoms with E-state index in [2.05, 4.69) is 20.6 Å². The molecule has 7 nitrogen and oxygen atoms in total. The molecule has 0 fully saturated rings. The van der Waals surface area contributed by atoms with E-state index < -0.39 is 35.2 Å². The molecular weight excluding hydrogens is 454 g/mol. The van der Waals surface area contributed by atoms with Gasteiger partial charge in [0.1, 0.15) is 17.5 Å². The Bertz CT molecular complexity index is 1080. The van der Waals surface area contributed by atoms with E-state index in [9.17, 15) is 31.1 Å². The summed E-state index contributed by atoms with van der Waals surface area (Å²) in [6.07, 6.45) is -6.41. The zero-order chi connectivity index (χ0) is 24.2. The number of aromatic nitrogens is 3. The van der Waals surface area contributed by atoms with Gasteiger partial charge in [0.2, 0.25) is 0 Å². The number of carbonyl (C=O) groups is 1. The highest BCUT2D eigenvalue weighted by atomic mass is 19.4. The zero-order valence-electron chi connectivity index (χ0n) is 17.1. The summed E-state index contributed by atoms with van der Waals surface area (Å²) >= 11 is 0. The zero-order valence-corrected chi connectivity index (χ0v) is 17.1. The lowest BCUT2D eigenvalue weighted by Crippen LogP contribution is -2.33. The minimum absolute atomic E-state index is 0.0127. The molecule has 2 heterocycles. The Morgan fingerprint density at radius 1 is 0.909 bits per heavy atom. The normalized spacial score (nSPS) is 11.8. The van der Waals surface area contributed by atoms with Gasteiger partial charge in [-0.2, -0.15) is 26.3 Å². The molecule has 33 heavy (non-hydrogen) atoms. The Morgan fingerprint density at radius 3 is 2.09 bits per heavy atom. The second-order valence-electron chi connectivity index (χ2n) is 6.85. The van der Waals surface area contributed by atoms with Gasteiger partial charge in [-0.3, -0.25) is 0 Å². The van der Waals surface area contributed by atoms with Crippen molar-refractivity contribution in [3.8, 4) is 5.82 Å². The van der Waals surface area contributed by atoms with Gasteiger partial charge in [-0.1, -0.05) is 0 Å². The summed E-state index contributed by atoms with van der Waals surface area (Å²) in [4.78, 5) is 20.5. The number of alkyl halides is 6. The first-order valence-electron chi connectivity index (χ1n) is 9.49. The van der Waals surface area contributed by atoms with E-state index in [1.54, 1.807) is 30.0 Å². The fourth-order valence-electron chi connectivity index (χ4n) is 2.83. The van der Waals surface area contributed by atoms with Crippen LogP contribution < -0.4 is 16.0 Å². The average Bonchev–Trinajstić information content (AvgIpc) is 3.24. The Labute approximate surface area is 183 Å². The third-order valence-electron chi connectivity index (χ3n) is 4.26. The van der Waals surface area contributed by atoms with Crippen LogP contribution in [-0.4, -0.2) is 33.7 Å². The first-order valence-corrected chi connectivity index (χ1v) is 9.49. The summed E-state index contributed by atoms with van der Waals surface area (Å²) in [5.41, 5.74) is -3.68. The largest absolute Gasteiger partial charge is 0.416 e. The lowest BCUT2D eigenvalue weighted by Gasteiger charge is -2.15. The topological polar surface area (TPSA) is 83.9 Å². The monoisotopic (exact) mass is 472 g/mol. The molecule has 0 aliphatic rings.